The molecule has 124 valence electrons. The summed E-state index contributed by atoms with van der Waals surface area (Å²) >= 11 is 0. The van der Waals surface area contributed by atoms with Crippen LogP contribution < -0.4 is 10.5 Å². The topological polar surface area (TPSA) is 102 Å². The van der Waals surface area contributed by atoms with E-state index in [1.807, 2.05) is 0 Å². The second-order valence-corrected chi connectivity index (χ2v) is 4.37. The first-order valence-corrected chi connectivity index (χ1v) is 6.31. The maximum Gasteiger partial charge on any atom is 0.573 e. The second kappa shape index (κ2) is 7.32. The number of alkyl halides is 3. The lowest BCUT2D eigenvalue weighted by Crippen LogP contribution is -2.23. The Labute approximate surface area is 124 Å². The highest BCUT2D eigenvalue weighted by Crippen LogP contribution is 2.31. The molecule has 1 aromatic carbocycles. The molecule has 0 radical (unpaired) electrons. The number of nitrogen functional groups attached to an aromatic ring is 1. The zero-order chi connectivity index (χ0) is 16.9. The third-order valence-corrected chi connectivity index (χ3v) is 2.65. The zero-order valence-electron chi connectivity index (χ0n) is 11.6. The van der Waals surface area contributed by atoms with Gasteiger partial charge in [0.15, 0.2) is 5.75 Å². The Morgan fingerprint density at radius 3 is 2.50 bits per heavy atom. The van der Waals surface area contributed by atoms with Crippen molar-refractivity contribution < 1.29 is 37.7 Å². The largest absolute Gasteiger partial charge is 0.573 e. The fourth-order valence-corrected chi connectivity index (χ4v) is 1.69. The molecule has 9 heteroatoms. The minimum absolute atomic E-state index is 0.0452. The lowest BCUT2D eigenvalue weighted by Gasteiger charge is -2.19. The Balaban J connectivity index is 2.80. The maximum atomic E-state index is 12.1. The molecule has 0 aliphatic rings. The smallest absolute Gasteiger partial charge is 0.466 e. The van der Waals surface area contributed by atoms with Crippen LogP contribution in [0.25, 0.3) is 0 Å². The van der Waals surface area contributed by atoms with Gasteiger partial charge in [-0.3, -0.25) is 4.79 Å². The number of nitrogens with two attached hydrogens (primary N) is 1. The highest BCUT2D eigenvalue weighted by Gasteiger charge is 2.32. The Bertz CT molecular complexity index is 521. The zero-order valence-corrected chi connectivity index (χ0v) is 11.6. The van der Waals surface area contributed by atoms with Crippen molar-refractivity contribution in [2.24, 2.45) is 0 Å². The van der Waals surface area contributed by atoms with Crippen LogP contribution in [-0.4, -0.2) is 35.3 Å². The van der Waals surface area contributed by atoms with Crippen LogP contribution in [0, 0.1) is 0 Å². The molecule has 22 heavy (non-hydrogen) atoms. The molecule has 0 aliphatic carbocycles. The molecule has 6 nitrogen and oxygen atoms in total. The molecule has 2 atom stereocenters. The number of carbonyl (C=O) groups excluding carboxylic acids is 1. The van der Waals surface area contributed by atoms with Crippen molar-refractivity contribution in [1.29, 1.82) is 0 Å². The van der Waals surface area contributed by atoms with E-state index in [0.29, 0.717) is 0 Å². The monoisotopic (exact) mass is 323 g/mol. The number of anilines is 1. The van der Waals surface area contributed by atoms with Crippen LogP contribution in [-0.2, 0) is 9.53 Å². The number of ether oxygens (including phenoxy) is 2. The van der Waals surface area contributed by atoms with Gasteiger partial charge in [0.05, 0.1) is 24.8 Å². The number of carbonyl (C=O) groups is 1. The first kappa shape index (κ1) is 18.1. The van der Waals surface area contributed by atoms with Crippen molar-refractivity contribution in [2.75, 3.05) is 12.3 Å². The van der Waals surface area contributed by atoms with Crippen LogP contribution in [0.4, 0.5) is 18.9 Å². The van der Waals surface area contributed by atoms with Gasteiger partial charge in [-0.2, -0.15) is 0 Å². The lowest BCUT2D eigenvalue weighted by molar-refractivity contribution is -0.274. The molecule has 1 aromatic rings. The van der Waals surface area contributed by atoms with Gasteiger partial charge in [-0.15, -0.1) is 13.2 Å². The number of aliphatic hydroxyl groups excluding tert-OH is 2. The van der Waals surface area contributed by atoms with Gasteiger partial charge in [-0.1, -0.05) is 6.07 Å². The van der Waals surface area contributed by atoms with Crippen LogP contribution in [0.3, 0.4) is 0 Å². The van der Waals surface area contributed by atoms with Crippen LogP contribution >= 0.6 is 0 Å². The summed E-state index contributed by atoms with van der Waals surface area (Å²) in [5, 5.41) is 19.6. The third kappa shape index (κ3) is 5.41. The second-order valence-electron chi connectivity index (χ2n) is 4.37. The Morgan fingerprint density at radius 2 is 2.00 bits per heavy atom. The van der Waals surface area contributed by atoms with Gasteiger partial charge in [-0.05, 0) is 24.6 Å². The minimum atomic E-state index is -4.89. The first-order chi connectivity index (χ1) is 10.1. The van der Waals surface area contributed by atoms with Crippen LogP contribution in [0.5, 0.6) is 5.75 Å². The Morgan fingerprint density at radius 1 is 1.36 bits per heavy atom. The fraction of sp³-hybridized carbons (Fsp3) is 0.462. The van der Waals surface area contributed by atoms with Gasteiger partial charge in [0.2, 0.25) is 0 Å². The van der Waals surface area contributed by atoms with Gasteiger partial charge >= 0.3 is 12.3 Å². The van der Waals surface area contributed by atoms with E-state index >= 15 is 0 Å². The van der Waals surface area contributed by atoms with E-state index in [-0.39, 0.29) is 17.9 Å². The molecule has 0 heterocycles. The first-order valence-electron chi connectivity index (χ1n) is 6.31. The van der Waals surface area contributed by atoms with E-state index in [1.54, 1.807) is 6.92 Å². The fourth-order valence-electron chi connectivity index (χ4n) is 1.69. The van der Waals surface area contributed by atoms with Crippen molar-refractivity contribution in [3.8, 4) is 5.75 Å². The highest BCUT2D eigenvalue weighted by molar-refractivity contribution is 5.70. The average molecular weight is 323 g/mol. The van der Waals surface area contributed by atoms with Gasteiger partial charge < -0.3 is 25.4 Å². The lowest BCUT2D eigenvalue weighted by atomic mass is 10.0. The average Bonchev–Trinajstić information content (AvgIpc) is 2.39. The summed E-state index contributed by atoms with van der Waals surface area (Å²) in [6, 6.07) is 3.05. The van der Waals surface area contributed by atoms with E-state index in [2.05, 4.69) is 9.47 Å². The summed E-state index contributed by atoms with van der Waals surface area (Å²) in [5.74, 6) is -1.33. The summed E-state index contributed by atoms with van der Waals surface area (Å²) in [6.45, 7) is 1.71. The van der Waals surface area contributed by atoms with E-state index in [0.717, 1.165) is 18.2 Å². The van der Waals surface area contributed by atoms with Gasteiger partial charge in [-0.25, -0.2) is 0 Å². The molecule has 0 saturated heterocycles. The van der Waals surface area contributed by atoms with Crippen molar-refractivity contribution in [2.45, 2.75) is 31.9 Å². The summed E-state index contributed by atoms with van der Waals surface area (Å²) < 4.78 is 44.6. The molecule has 0 fully saturated rings. The van der Waals surface area contributed by atoms with E-state index < -0.39 is 36.7 Å². The number of esters is 1. The summed E-state index contributed by atoms with van der Waals surface area (Å²) in [4.78, 5) is 11.2. The molecule has 1 rings (SSSR count). The molecule has 0 bridgehead atoms. The number of hydrogen-bond acceptors (Lipinski definition) is 6. The van der Waals surface area contributed by atoms with Gasteiger partial charge in [0, 0.05) is 0 Å². The van der Waals surface area contributed by atoms with Crippen LogP contribution in [0.2, 0.25) is 0 Å². The number of aliphatic hydroxyl groups is 2. The predicted octanol–water partition coefficient (Wildman–Crippen LogP) is 1.51. The summed E-state index contributed by atoms with van der Waals surface area (Å²) in [6.07, 6.45) is -8.34. The Kier molecular flexibility index (Phi) is 6.01. The third-order valence-electron chi connectivity index (χ3n) is 2.65. The molecule has 0 aromatic heterocycles. The van der Waals surface area contributed by atoms with Crippen LogP contribution in [0.1, 0.15) is 25.0 Å². The summed E-state index contributed by atoms with van der Waals surface area (Å²) in [5.41, 5.74) is 5.09. The molecule has 4 N–H and O–H groups in total. The van der Waals surface area contributed by atoms with E-state index in [4.69, 9.17) is 5.73 Å². The molecule has 0 saturated carbocycles. The minimum Gasteiger partial charge on any atom is -0.466 e. The number of hydrogen-bond donors (Lipinski definition) is 3. The molecular weight excluding hydrogens is 307 g/mol. The quantitative estimate of drug-likeness (QED) is 0.542. The molecule has 0 aliphatic heterocycles. The van der Waals surface area contributed by atoms with E-state index in [1.165, 1.54) is 0 Å². The molecule has 0 amide bonds. The SMILES string of the molecule is CCOC(=O)CC(O)C(O)c1ccc(OC(F)(F)F)c(N)c1. The Hall–Kier alpha value is -2.00. The van der Waals surface area contributed by atoms with Crippen molar-refractivity contribution in [1.82, 2.24) is 0 Å². The maximum absolute atomic E-state index is 12.1. The number of benzene rings is 1. The van der Waals surface area contributed by atoms with Crippen LogP contribution in [0.15, 0.2) is 18.2 Å². The number of halogens is 3. The molecule has 0 spiro atoms. The predicted molar refractivity (Wildman–Crippen MR) is 69.8 cm³/mol. The number of rotatable bonds is 6. The van der Waals surface area contributed by atoms with Gasteiger partial charge in [0.1, 0.15) is 6.10 Å². The van der Waals surface area contributed by atoms with E-state index in [9.17, 15) is 28.2 Å². The molecular formula is C13H16F3NO5. The van der Waals surface area contributed by atoms with Gasteiger partial charge in [0.25, 0.3) is 0 Å². The van der Waals surface area contributed by atoms with Crippen molar-refractivity contribution in [3.63, 3.8) is 0 Å². The summed E-state index contributed by atoms with van der Waals surface area (Å²) in [7, 11) is 0. The normalized spacial score (nSPS) is 14.3. The van der Waals surface area contributed by atoms with Crippen molar-refractivity contribution >= 4 is 11.7 Å². The standard InChI is InChI=1S/C13H16F3NO5/c1-2-21-11(19)6-9(18)12(20)7-3-4-10(8(17)5-7)22-13(14,15)16/h3-5,9,12,18,20H,2,6,17H2,1H3. The van der Waals surface area contributed by atoms with Crippen molar-refractivity contribution in [3.05, 3.63) is 23.8 Å². The highest BCUT2D eigenvalue weighted by atomic mass is 19.4. The molecule has 2 unspecified atom stereocenters.